The van der Waals surface area contributed by atoms with Gasteiger partial charge in [-0.05, 0) is 84.9 Å². The van der Waals surface area contributed by atoms with Crippen molar-refractivity contribution in [3.05, 3.63) is 113 Å². The lowest BCUT2D eigenvalue weighted by atomic mass is 10.0. The zero-order chi connectivity index (χ0) is 27.2. The predicted molar refractivity (Wildman–Crippen MR) is 151 cm³/mol. The second-order valence-electron chi connectivity index (χ2n) is 8.87. The van der Waals surface area contributed by atoms with Gasteiger partial charge >= 0.3 is 0 Å². The Balaban J connectivity index is 1.22. The largest absolute Gasteiger partial charge is 0.378 e. The summed E-state index contributed by atoms with van der Waals surface area (Å²) >= 11 is 5.94. The van der Waals surface area contributed by atoms with Crippen LogP contribution in [0.5, 0.6) is 0 Å². The van der Waals surface area contributed by atoms with Gasteiger partial charge in [0.1, 0.15) is 5.15 Å². The molecule has 0 bridgehead atoms. The van der Waals surface area contributed by atoms with Crippen LogP contribution in [-0.4, -0.2) is 49.4 Å². The summed E-state index contributed by atoms with van der Waals surface area (Å²) in [5.74, 6) is -0.406. The molecule has 4 aromatic rings. The van der Waals surface area contributed by atoms with E-state index in [2.05, 4.69) is 15.2 Å². The van der Waals surface area contributed by atoms with Crippen molar-refractivity contribution in [2.75, 3.05) is 41.4 Å². The number of pyridine rings is 1. The van der Waals surface area contributed by atoms with Crippen LogP contribution in [-0.2, 0) is 9.53 Å². The highest BCUT2D eigenvalue weighted by molar-refractivity contribution is 6.29. The zero-order valence-electron chi connectivity index (χ0n) is 20.9. The molecule has 5 rings (SSSR count). The first kappa shape index (κ1) is 26.1. The fraction of sp³-hybridized carbons (Fsp3) is 0.133. The molecule has 1 aliphatic rings. The van der Waals surface area contributed by atoms with E-state index >= 15 is 0 Å². The summed E-state index contributed by atoms with van der Waals surface area (Å²) in [6.07, 6.45) is 2.19. The van der Waals surface area contributed by atoms with Gasteiger partial charge in [-0.3, -0.25) is 19.3 Å². The SMILES string of the molecule is O=CN(c1ccc(C(=O)c2ccc(NC(=O)c3ccc(N4CCOCC4)cc3)cc2)cc1)c1ccnc(Cl)c1. The first-order chi connectivity index (χ1) is 19.0. The topological polar surface area (TPSA) is 91.8 Å². The molecule has 1 saturated heterocycles. The van der Waals surface area contributed by atoms with Gasteiger partial charge in [-0.15, -0.1) is 0 Å². The minimum Gasteiger partial charge on any atom is -0.378 e. The van der Waals surface area contributed by atoms with Crippen LogP contribution in [0.3, 0.4) is 0 Å². The van der Waals surface area contributed by atoms with Gasteiger partial charge in [0.2, 0.25) is 6.41 Å². The normalized spacial score (nSPS) is 13.0. The number of nitrogens with zero attached hydrogens (tertiary/aromatic N) is 3. The van der Waals surface area contributed by atoms with Crippen molar-refractivity contribution in [1.82, 2.24) is 4.98 Å². The summed E-state index contributed by atoms with van der Waals surface area (Å²) < 4.78 is 5.39. The molecule has 0 atom stereocenters. The fourth-order valence-electron chi connectivity index (χ4n) is 4.31. The molecular formula is C30H25ClN4O4. The molecule has 1 fully saturated rings. The van der Waals surface area contributed by atoms with E-state index in [9.17, 15) is 14.4 Å². The highest BCUT2D eigenvalue weighted by atomic mass is 35.5. The smallest absolute Gasteiger partial charge is 0.255 e. The molecule has 0 spiro atoms. The second kappa shape index (κ2) is 11.9. The first-order valence-electron chi connectivity index (χ1n) is 12.4. The van der Waals surface area contributed by atoms with E-state index in [1.165, 1.54) is 11.1 Å². The van der Waals surface area contributed by atoms with Gasteiger partial charge in [-0.1, -0.05) is 11.6 Å². The number of amides is 2. The van der Waals surface area contributed by atoms with Crippen LogP contribution in [0.15, 0.2) is 91.1 Å². The van der Waals surface area contributed by atoms with Crippen molar-refractivity contribution >= 4 is 52.5 Å². The maximum atomic E-state index is 13.0. The highest BCUT2D eigenvalue weighted by Gasteiger charge is 2.15. The monoisotopic (exact) mass is 540 g/mol. The van der Waals surface area contributed by atoms with Gasteiger partial charge < -0.3 is 15.0 Å². The zero-order valence-corrected chi connectivity index (χ0v) is 21.7. The lowest BCUT2D eigenvalue weighted by Crippen LogP contribution is -2.36. The van der Waals surface area contributed by atoms with E-state index in [4.69, 9.17) is 16.3 Å². The molecule has 8 nitrogen and oxygen atoms in total. The number of morpholine rings is 1. The standard InChI is InChI=1S/C30H25ClN4O4/c31-28-19-27(13-14-32-28)35(20-36)26-11-3-22(4-12-26)29(37)21-1-7-24(8-2-21)33-30(38)23-5-9-25(10-6-23)34-15-17-39-18-16-34/h1-14,19-20H,15-18H2,(H,33,38). The van der Waals surface area contributed by atoms with Gasteiger partial charge in [0, 0.05) is 53.0 Å². The molecule has 1 N–H and O–H groups in total. The van der Waals surface area contributed by atoms with Crippen LogP contribution in [0.25, 0.3) is 0 Å². The van der Waals surface area contributed by atoms with Crippen LogP contribution in [0.2, 0.25) is 5.15 Å². The van der Waals surface area contributed by atoms with Crippen LogP contribution in [0.4, 0.5) is 22.7 Å². The Kier molecular flexibility index (Phi) is 7.96. The molecule has 1 aliphatic heterocycles. The number of nitrogens with one attached hydrogen (secondary N) is 1. The minimum absolute atomic E-state index is 0.178. The average Bonchev–Trinajstić information content (AvgIpc) is 2.98. The Bertz CT molecular complexity index is 1470. The molecule has 2 amide bonds. The summed E-state index contributed by atoms with van der Waals surface area (Å²) in [5.41, 5.74) is 4.28. The predicted octanol–water partition coefficient (Wildman–Crippen LogP) is 5.35. The van der Waals surface area contributed by atoms with Gasteiger partial charge in [0.15, 0.2) is 5.78 Å². The van der Waals surface area contributed by atoms with E-state index in [1.54, 1.807) is 72.8 Å². The number of anilines is 4. The number of rotatable bonds is 8. The molecule has 2 heterocycles. The van der Waals surface area contributed by atoms with Crippen LogP contribution >= 0.6 is 11.6 Å². The molecule has 3 aromatic carbocycles. The van der Waals surface area contributed by atoms with Crippen molar-refractivity contribution in [3.63, 3.8) is 0 Å². The van der Waals surface area contributed by atoms with E-state index in [0.717, 1.165) is 18.8 Å². The Hall–Kier alpha value is -4.53. The third kappa shape index (κ3) is 6.14. The number of hydrogen-bond acceptors (Lipinski definition) is 6. The van der Waals surface area contributed by atoms with E-state index in [1.807, 2.05) is 12.1 Å². The van der Waals surface area contributed by atoms with Gasteiger partial charge in [0.25, 0.3) is 5.91 Å². The van der Waals surface area contributed by atoms with Crippen LogP contribution in [0.1, 0.15) is 26.3 Å². The number of benzene rings is 3. The molecule has 39 heavy (non-hydrogen) atoms. The third-order valence-corrected chi connectivity index (χ3v) is 6.62. The van der Waals surface area contributed by atoms with Crippen LogP contribution < -0.4 is 15.1 Å². The quantitative estimate of drug-likeness (QED) is 0.184. The lowest BCUT2D eigenvalue weighted by molar-refractivity contribution is -0.106. The maximum Gasteiger partial charge on any atom is 0.255 e. The number of ketones is 1. The number of ether oxygens (including phenoxy) is 1. The number of aromatic nitrogens is 1. The van der Waals surface area contributed by atoms with E-state index < -0.39 is 0 Å². The van der Waals surface area contributed by atoms with Gasteiger partial charge in [-0.2, -0.15) is 0 Å². The molecule has 0 saturated carbocycles. The number of carbonyl (C=O) groups is 3. The summed E-state index contributed by atoms with van der Waals surface area (Å²) in [4.78, 5) is 45.0. The number of hydrogen-bond donors (Lipinski definition) is 1. The van der Waals surface area contributed by atoms with E-state index in [0.29, 0.717) is 53.4 Å². The van der Waals surface area contributed by atoms with Gasteiger partial charge in [0.05, 0.1) is 18.9 Å². The third-order valence-electron chi connectivity index (χ3n) is 6.41. The Morgan fingerprint density at radius 3 is 2.08 bits per heavy atom. The Morgan fingerprint density at radius 1 is 0.846 bits per heavy atom. The summed E-state index contributed by atoms with van der Waals surface area (Å²) in [7, 11) is 0. The Morgan fingerprint density at radius 2 is 1.46 bits per heavy atom. The van der Waals surface area contributed by atoms with Crippen molar-refractivity contribution in [2.45, 2.75) is 0 Å². The number of carbonyl (C=O) groups excluding carboxylic acids is 3. The molecule has 0 unspecified atom stereocenters. The molecular weight excluding hydrogens is 516 g/mol. The molecule has 9 heteroatoms. The summed E-state index contributed by atoms with van der Waals surface area (Å²) in [5, 5.41) is 3.14. The molecule has 0 radical (unpaired) electrons. The molecule has 0 aliphatic carbocycles. The van der Waals surface area contributed by atoms with Crippen molar-refractivity contribution in [3.8, 4) is 0 Å². The Labute approximate surface area is 230 Å². The summed E-state index contributed by atoms with van der Waals surface area (Å²) in [6, 6.07) is 24.2. The van der Waals surface area contributed by atoms with Crippen LogP contribution in [0, 0.1) is 0 Å². The minimum atomic E-state index is -0.228. The molecule has 1 aromatic heterocycles. The van der Waals surface area contributed by atoms with Crippen molar-refractivity contribution < 1.29 is 19.1 Å². The number of halogens is 1. The first-order valence-corrected chi connectivity index (χ1v) is 12.7. The fourth-order valence-corrected chi connectivity index (χ4v) is 4.47. The van der Waals surface area contributed by atoms with Crippen molar-refractivity contribution in [2.24, 2.45) is 0 Å². The highest BCUT2D eigenvalue weighted by Crippen LogP contribution is 2.26. The average molecular weight is 541 g/mol. The molecule has 196 valence electrons. The van der Waals surface area contributed by atoms with Gasteiger partial charge in [-0.25, -0.2) is 4.98 Å². The maximum absolute atomic E-state index is 13.0. The lowest BCUT2D eigenvalue weighted by Gasteiger charge is -2.28. The second-order valence-corrected chi connectivity index (χ2v) is 9.25. The van der Waals surface area contributed by atoms with E-state index in [-0.39, 0.29) is 16.8 Å². The summed E-state index contributed by atoms with van der Waals surface area (Å²) in [6.45, 7) is 3.07. The van der Waals surface area contributed by atoms with Crippen molar-refractivity contribution in [1.29, 1.82) is 0 Å².